The fourth-order valence-electron chi connectivity index (χ4n) is 4.34. The molecule has 8 nitrogen and oxygen atoms in total. The van der Waals surface area contributed by atoms with E-state index in [-0.39, 0.29) is 22.9 Å². The second-order valence-corrected chi connectivity index (χ2v) is 8.29. The number of anilines is 2. The van der Waals surface area contributed by atoms with Crippen molar-refractivity contribution in [3.05, 3.63) is 88.0 Å². The van der Waals surface area contributed by atoms with Gasteiger partial charge in [-0.25, -0.2) is 9.37 Å². The molecule has 0 spiro atoms. The number of halogens is 1. The van der Waals surface area contributed by atoms with Gasteiger partial charge in [0, 0.05) is 24.5 Å². The van der Waals surface area contributed by atoms with Gasteiger partial charge in [0.2, 0.25) is 0 Å². The van der Waals surface area contributed by atoms with Crippen molar-refractivity contribution < 1.29 is 4.39 Å². The zero-order valence-corrected chi connectivity index (χ0v) is 18.0. The minimum atomic E-state index is -0.373. The molecule has 0 bridgehead atoms. The van der Waals surface area contributed by atoms with Gasteiger partial charge in [0.25, 0.3) is 5.56 Å². The molecule has 2 N–H and O–H groups in total. The van der Waals surface area contributed by atoms with Crippen molar-refractivity contribution in [2.24, 2.45) is 0 Å². The molecule has 1 aliphatic rings. The number of aromatic nitrogens is 6. The van der Waals surface area contributed by atoms with Crippen molar-refractivity contribution >= 4 is 11.5 Å². The second-order valence-electron chi connectivity index (χ2n) is 8.29. The summed E-state index contributed by atoms with van der Waals surface area (Å²) in [5.74, 6) is 0.785. The molecule has 0 amide bonds. The number of hydrogen-bond acceptors (Lipinski definition) is 6. The lowest BCUT2D eigenvalue weighted by Gasteiger charge is -2.13. The molecule has 2 aromatic heterocycles. The van der Waals surface area contributed by atoms with Crippen LogP contribution in [-0.2, 0) is 12.8 Å². The van der Waals surface area contributed by atoms with Gasteiger partial charge in [0.15, 0.2) is 11.6 Å². The molecule has 5 rings (SSSR count). The molecule has 0 aliphatic heterocycles. The van der Waals surface area contributed by atoms with Gasteiger partial charge in [0.05, 0.1) is 5.69 Å². The smallest absolute Gasteiger partial charge is 0.298 e. The number of benzene rings is 2. The summed E-state index contributed by atoms with van der Waals surface area (Å²) in [7, 11) is 0. The highest BCUT2D eigenvalue weighted by Crippen LogP contribution is 2.35. The van der Waals surface area contributed by atoms with Crippen LogP contribution in [0.2, 0.25) is 0 Å². The van der Waals surface area contributed by atoms with Gasteiger partial charge in [0.1, 0.15) is 5.82 Å². The first kappa shape index (κ1) is 21.0. The van der Waals surface area contributed by atoms with Crippen LogP contribution in [0.1, 0.15) is 48.6 Å². The number of tetrazole rings is 1. The summed E-state index contributed by atoms with van der Waals surface area (Å²) in [6.45, 7) is 0. The van der Waals surface area contributed by atoms with Gasteiger partial charge in [-0.2, -0.15) is 5.21 Å². The Labute approximate surface area is 189 Å². The first-order valence-corrected chi connectivity index (χ1v) is 11.1. The SMILES string of the molecule is O=c1c(Nc2ccc(C3CCCC3)cc2F)nccn1-c1ccc(CCc2nn[nH]n2)cc1. The Hall–Kier alpha value is -3.88. The summed E-state index contributed by atoms with van der Waals surface area (Å²) < 4.78 is 16.2. The Balaban J connectivity index is 1.32. The first-order valence-electron chi connectivity index (χ1n) is 11.1. The number of aromatic amines is 1. The summed E-state index contributed by atoms with van der Waals surface area (Å²) >= 11 is 0. The summed E-state index contributed by atoms with van der Waals surface area (Å²) in [5, 5.41) is 16.8. The van der Waals surface area contributed by atoms with Crippen LogP contribution >= 0.6 is 0 Å². The lowest BCUT2D eigenvalue weighted by atomic mass is 9.97. The zero-order valence-electron chi connectivity index (χ0n) is 18.0. The maximum atomic E-state index is 14.7. The number of nitrogens with one attached hydrogen (secondary N) is 2. The van der Waals surface area contributed by atoms with E-state index < -0.39 is 0 Å². The van der Waals surface area contributed by atoms with Crippen molar-refractivity contribution in [2.75, 3.05) is 5.32 Å². The maximum Gasteiger partial charge on any atom is 0.298 e. The second kappa shape index (κ2) is 9.32. The van der Waals surface area contributed by atoms with Gasteiger partial charge in [-0.15, -0.1) is 10.2 Å². The summed E-state index contributed by atoms with van der Waals surface area (Å²) in [6.07, 6.45) is 9.15. The molecule has 0 saturated heterocycles. The van der Waals surface area contributed by atoms with Gasteiger partial charge < -0.3 is 5.32 Å². The van der Waals surface area contributed by atoms with E-state index in [9.17, 15) is 9.18 Å². The normalized spacial score (nSPS) is 14.0. The van der Waals surface area contributed by atoms with Crippen molar-refractivity contribution in [3.63, 3.8) is 0 Å². The Morgan fingerprint density at radius 3 is 2.64 bits per heavy atom. The number of hydrogen-bond donors (Lipinski definition) is 2. The molecule has 9 heteroatoms. The van der Waals surface area contributed by atoms with Crippen LogP contribution in [0.4, 0.5) is 15.9 Å². The van der Waals surface area contributed by atoms with Crippen LogP contribution in [0.3, 0.4) is 0 Å². The van der Waals surface area contributed by atoms with Gasteiger partial charge >= 0.3 is 0 Å². The highest BCUT2D eigenvalue weighted by atomic mass is 19.1. The van der Waals surface area contributed by atoms with Gasteiger partial charge in [-0.05, 0) is 60.6 Å². The molecule has 168 valence electrons. The standard InChI is InChI=1S/C24H24FN7O/c25-20-15-18(17-3-1-2-4-17)8-11-21(20)27-23-24(33)32(14-13-26-23)19-9-5-16(6-10-19)7-12-22-28-30-31-29-22/h5-6,8-11,13-15,17H,1-4,7,12H2,(H,26,27)(H,28,29,30,31). The van der Waals surface area contributed by atoms with Crippen LogP contribution in [0, 0.1) is 5.82 Å². The average Bonchev–Trinajstić information content (AvgIpc) is 3.55. The zero-order chi connectivity index (χ0) is 22.6. The first-order chi connectivity index (χ1) is 16.2. The van der Waals surface area contributed by atoms with Crippen LogP contribution in [0.15, 0.2) is 59.7 Å². The Kier molecular flexibility index (Phi) is 5.93. The largest absolute Gasteiger partial charge is 0.333 e. The molecule has 2 aromatic carbocycles. The number of rotatable bonds is 7. The molecule has 0 unspecified atom stereocenters. The molecule has 0 atom stereocenters. The van der Waals surface area contributed by atoms with E-state index in [1.54, 1.807) is 18.3 Å². The Morgan fingerprint density at radius 1 is 1.09 bits per heavy atom. The quantitative estimate of drug-likeness (QED) is 0.445. The van der Waals surface area contributed by atoms with Gasteiger partial charge in [-0.1, -0.05) is 36.3 Å². The molecule has 4 aromatic rings. The molecule has 0 radical (unpaired) electrons. The fraction of sp³-hybridized carbons (Fsp3) is 0.292. The molecule has 1 fully saturated rings. The summed E-state index contributed by atoms with van der Waals surface area (Å²) in [4.78, 5) is 17.2. The van der Waals surface area contributed by atoms with E-state index >= 15 is 0 Å². The molecular formula is C24H24FN7O. The average molecular weight is 446 g/mol. The molecule has 33 heavy (non-hydrogen) atoms. The van der Waals surface area contributed by atoms with E-state index in [0.29, 0.717) is 23.9 Å². The fourth-order valence-corrected chi connectivity index (χ4v) is 4.34. The Bertz CT molecular complexity index is 1280. The number of nitrogens with zero attached hydrogens (tertiary/aromatic N) is 5. The Morgan fingerprint density at radius 2 is 1.91 bits per heavy atom. The predicted octanol–water partition coefficient (Wildman–Crippen LogP) is 4.07. The lowest BCUT2D eigenvalue weighted by Crippen LogP contribution is -2.22. The van der Waals surface area contributed by atoms with Crippen LogP contribution in [0.5, 0.6) is 0 Å². The molecule has 1 aliphatic carbocycles. The predicted molar refractivity (Wildman–Crippen MR) is 122 cm³/mol. The topological polar surface area (TPSA) is 101 Å². The third-order valence-corrected chi connectivity index (χ3v) is 6.15. The molecular weight excluding hydrogens is 421 g/mol. The lowest BCUT2D eigenvalue weighted by molar-refractivity contribution is 0.622. The van der Waals surface area contributed by atoms with E-state index in [1.807, 2.05) is 30.3 Å². The van der Waals surface area contributed by atoms with Crippen molar-refractivity contribution in [3.8, 4) is 5.69 Å². The summed E-state index contributed by atoms with van der Waals surface area (Å²) in [5.41, 5.74) is 2.71. The van der Waals surface area contributed by atoms with Crippen molar-refractivity contribution in [1.29, 1.82) is 0 Å². The van der Waals surface area contributed by atoms with Gasteiger partial charge in [-0.3, -0.25) is 9.36 Å². The minimum absolute atomic E-state index is 0.0752. The van der Waals surface area contributed by atoms with Crippen molar-refractivity contribution in [1.82, 2.24) is 30.2 Å². The number of aryl methyl sites for hydroxylation is 2. The summed E-state index contributed by atoms with van der Waals surface area (Å²) in [6, 6.07) is 12.9. The highest BCUT2D eigenvalue weighted by molar-refractivity contribution is 5.57. The van der Waals surface area contributed by atoms with E-state index in [1.165, 1.54) is 23.6 Å². The van der Waals surface area contributed by atoms with Crippen LogP contribution in [0.25, 0.3) is 5.69 Å². The van der Waals surface area contributed by atoms with E-state index in [4.69, 9.17) is 0 Å². The minimum Gasteiger partial charge on any atom is -0.333 e. The maximum absolute atomic E-state index is 14.7. The van der Waals surface area contributed by atoms with Crippen molar-refractivity contribution in [2.45, 2.75) is 44.4 Å². The van der Waals surface area contributed by atoms with Crippen LogP contribution < -0.4 is 10.9 Å². The monoisotopic (exact) mass is 445 g/mol. The van der Waals surface area contributed by atoms with E-state index in [0.717, 1.165) is 30.4 Å². The van der Waals surface area contributed by atoms with Crippen LogP contribution in [-0.4, -0.2) is 30.2 Å². The molecule has 1 saturated carbocycles. The third kappa shape index (κ3) is 4.67. The molecule has 2 heterocycles. The number of H-pyrrole nitrogens is 1. The van der Waals surface area contributed by atoms with E-state index in [2.05, 4.69) is 30.9 Å². The third-order valence-electron chi connectivity index (χ3n) is 6.15. The highest BCUT2D eigenvalue weighted by Gasteiger charge is 2.18.